The Morgan fingerprint density at radius 3 is 3.00 bits per heavy atom. The van der Waals surface area contributed by atoms with Gasteiger partial charge in [-0.3, -0.25) is 9.69 Å². The molecule has 2 aromatic rings. The van der Waals surface area contributed by atoms with Crippen molar-refractivity contribution in [2.75, 3.05) is 26.7 Å². The van der Waals surface area contributed by atoms with Gasteiger partial charge >= 0.3 is 0 Å². The number of rotatable bonds is 8. The quantitative estimate of drug-likeness (QED) is 0.726. The van der Waals surface area contributed by atoms with Crippen molar-refractivity contribution in [1.82, 2.24) is 14.8 Å². The molecule has 6 nitrogen and oxygen atoms in total. The SMILES string of the molecule is CNC(=O)c1ccc([C@@H]2CCCCN2C[C@H](O)COCc2cccs2)n1C. The van der Waals surface area contributed by atoms with E-state index < -0.39 is 6.10 Å². The summed E-state index contributed by atoms with van der Waals surface area (Å²) in [6.45, 7) is 2.41. The highest BCUT2D eigenvalue weighted by Crippen LogP contribution is 2.31. The number of aliphatic hydroxyl groups is 1. The average molecular weight is 392 g/mol. The maximum atomic E-state index is 12.0. The van der Waals surface area contributed by atoms with E-state index in [-0.39, 0.29) is 11.9 Å². The molecule has 1 fully saturated rings. The molecule has 0 unspecified atom stereocenters. The van der Waals surface area contributed by atoms with Crippen molar-refractivity contribution in [3.05, 3.63) is 45.9 Å². The van der Waals surface area contributed by atoms with E-state index in [1.165, 1.54) is 4.88 Å². The first-order chi connectivity index (χ1) is 13.1. The highest BCUT2D eigenvalue weighted by molar-refractivity contribution is 7.09. The molecule has 0 saturated carbocycles. The minimum atomic E-state index is -0.524. The molecular weight excluding hydrogens is 362 g/mol. The Hall–Kier alpha value is -1.67. The third kappa shape index (κ3) is 4.99. The lowest BCUT2D eigenvalue weighted by molar-refractivity contribution is -0.00389. The first-order valence-corrected chi connectivity index (χ1v) is 10.4. The predicted molar refractivity (Wildman–Crippen MR) is 107 cm³/mol. The van der Waals surface area contributed by atoms with Gasteiger partial charge in [-0.1, -0.05) is 12.5 Å². The van der Waals surface area contributed by atoms with Crippen LogP contribution in [0, 0.1) is 0 Å². The number of thiophene rings is 1. The summed E-state index contributed by atoms with van der Waals surface area (Å²) in [5.41, 5.74) is 1.79. The number of nitrogens with one attached hydrogen (secondary N) is 1. The summed E-state index contributed by atoms with van der Waals surface area (Å²) >= 11 is 1.66. The van der Waals surface area contributed by atoms with Crippen molar-refractivity contribution in [2.24, 2.45) is 7.05 Å². The van der Waals surface area contributed by atoms with Gasteiger partial charge in [-0.2, -0.15) is 0 Å². The maximum absolute atomic E-state index is 12.0. The second kappa shape index (κ2) is 9.50. The first-order valence-electron chi connectivity index (χ1n) is 9.50. The molecule has 1 aliphatic rings. The van der Waals surface area contributed by atoms with Gasteiger partial charge in [0.2, 0.25) is 0 Å². The van der Waals surface area contributed by atoms with E-state index in [9.17, 15) is 9.90 Å². The van der Waals surface area contributed by atoms with E-state index >= 15 is 0 Å². The van der Waals surface area contributed by atoms with Crippen LogP contribution in [0.15, 0.2) is 29.6 Å². The monoisotopic (exact) mass is 391 g/mol. The number of likely N-dealkylation sites (tertiary alicyclic amines) is 1. The molecule has 7 heteroatoms. The van der Waals surface area contributed by atoms with Crippen LogP contribution < -0.4 is 5.32 Å². The number of hydrogen-bond donors (Lipinski definition) is 2. The van der Waals surface area contributed by atoms with Crippen molar-refractivity contribution in [3.8, 4) is 0 Å². The minimum Gasteiger partial charge on any atom is -0.389 e. The number of hydrogen-bond acceptors (Lipinski definition) is 5. The molecule has 3 rings (SSSR count). The molecule has 1 amide bonds. The van der Waals surface area contributed by atoms with Gasteiger partial charge in [0.05, 0.1) is 25.4 Å². The molecule has 0 radical (unpaired) electrons. The van der Waals surface area contributed by atoms with Crippen LogP contribution >= 0.6 is 11.3 Å². The topological polar surface area (TPSA) is 66.7 Å². The van der Waals surface area contributed by atoms with Gasteiger partial charge in [-0.05, 0) is 43.0 Å². The second-order valence-electron chi connectivity index (χ2n) is 7.04. The number of nitrogens with zero attached hydrogens (tertiary/aromatic N) is 2. The molecule has 2 N–H and O–H groups in total. The summed E-state index contributed by atoms with van der Waals surface area (Å²) in [6.07, 6.45) is 2.80. The van der Waals surface area contributed by atoms with Gasteiger partial charge < -0.3 is 19.7 Å². The Labute approximate surface area is 164 Å². The lowest BCUT2D eigenvalue weighted by Gasteiger charge is -2.37. The number of carbonyl (C=O) groups is 1. The Kier molecular flexibility index (Phi) is 7.07. The Balaban J connectivity index is 1.60. The largest absolute Gasteiger partial charge is 0.389 e. The zero-order valence-electron chi connectivity index (χ0n) is 16.1. The third-order valence-electron chi connectivity index (χ3n) is 5.16. The van der Waals surface area contributed by atoms with E-state index in [1.54, 1.807) is 18.4 Å². The fraction of sp³-hybridized carbons (Fsp3) is 0.550. The van der Waals surface area contributed by atoms with Gasteiger partial charge in [0.15, 0.2) is 0 Å². The molecule has 0 spiro atoms. The Morgan fingerprint density at radius 1 is 1.41 bits per heavy atom. The molecule has 1 aliphatic heterocycles. The molecular formula is C20H29N3O3S. The van der Waals surface area contributed by atoms with Crippen LogP contribution in [0.5, 0.6) is 0 Å². The molecule has 27 heavy (non-hydrogen) atoms. The number of piperidine rings is 1. The van der Waals surface area contributed by atoms with Gasteiger partial charge in [0.25, 0.3) is 5.91 Å². The van der Waals surface area contributed by atoms with Crippen molar-refractivity contribution in [2.45, 2.75) is 38.0 Å². The molecule has 2 aromatic heterocycles. The van der Waals surface area contributed by atoms with Crippen molar-refractivity contribution >= 4 is 17.2 Å². The van der Waals surface area contributed by atoms with Crippen molar-refractivity contribution < 1.29 is 14.6 Å². The normalized spacial score (nSPS) is 19.1. The van der Waals surface area contributed by atoms with Crippen LogP contribution in [-0.2, 0) is 18.4 Å². The highest BCUT2D eigenvalue weighted by atomic mass is 32.1. The number of amides is 1. The van der Waals surface area contributed by atoms with Crippen molar-refractivity contribution in [3.63, 3.8) is 0 Å². The second-order valence-corrected chi connectivity index (χ2v) is 8.07. The summed E-state index contributed by atoms with van der Waals surface area (Å²) in [7, 11) is 3.59. The fourth-order valence-corrected chi connectivity index (χ4v) is 4.42. The summed E-state index contributed by atoms with van der Waals surface area (Å²) < 4.78 is 7.65. The van der Waals surface area contributed by atoms with Crippen LogP contribution in [0.2, 0.25) is 0 Å². The third-order valence-corrected chi connectivity index (χ3v) is 6.01. The predicted octanol–water partition coefficient (Wildman–Crippen LogP) is 2.55. The number of β-amino-alcohol motifs (C(OH)–C–C–N with tert-alkyl or cyclic N) is 1. The van der Waals surface area contributed by atoms with E-state index in [1.807, 2.05) is 41.3 Å². The summed E-state index contributed by atoms with van der Waals surface area (Å²) in [4.78, 5) is 15.5. The Morgan fingerprint density at radius 2 is 2.26 bits per heavy atom. The Bertz CT molecular complexity index is 729. The van der Waals surface area contributed by atoms with E-state index in [0.717, 1.165) is 31.5 Å². The highest BCUT2D eigenvalue weighted by Gasteiger charge is 2.28. The van der Waals surface area contributed by atoms with E-state index in [0.29, 0.717) is 25.5 Å². The summed E-state index contributed by atoms with van der Waals surface area (Å²) in [5, 5.41) is 15.2. The van der Waals surface area contributed by atoms with E-state index in [2.05, 4.69) is 10.2 Å². The van der Waals surface area contributed by atoms with Crippen LogP contribution in [0.4, 0.5) is 0 Å². The first kappa shape index (κ1) is 20.1. The zero-order valence-corrected chi connectivity index (χ0v) is 16.9. The number of aliphatic hydroxyl groups excluding tert-OH is 1. The molecule has 1 saturated heterocycles. The van der Waals surface area contributed by atoms with Gasteiger partial charge in [-0.15, -0.1) is 11.3 Å². The fourth-order valence-electron chi connectivity index (χ4n) is 3.78. The zero-order chi connectivity index (χ0) is 19.2. The van der Waals surface area contributed by atoms with Crippen LogP contribution in [0.1, 0.15) is 46.4 Å². The van der Waals surface area contributed by atoms with E-state index in [4.69, 9.17) is 4.74 Å². The lowest BCUT2D eigenvalue weighted by atomic mass is 9.99. The van der Waals surface area contributed by atoms with Gasteiger partial charge in [-0.25, -0.2) is 0 Å². The molecule has 3 heterocycles. The number of carbonyl (C=O) groups excluding carboxylic acids is 1. The smallest absolute Gasteiger partial charge is 0.267 e. The lowest BCUT2D eigenvalue weighted by Crippen LogP contribution is -2.41. The minimum absolute atomic E-state index is 0.0758. The molecule has 148 valence electrons. The van der Waals surface area contributed by atoms with Crippen molar-refractivity contribution in [1.29, 1.82) is 0 Å². The number of aromatic nitrogens is 1. The van der Waals surface area contributed by atoms with Gasteiger partial charge in [0.1, 0.15) is 5.69 Å². The standard InChI is InChI=1S/C20H29N3O3S/c1-21-20(25)19-9-8-17(22(19)2)18-7-3-4-10-23(18)12-15(24)13-26-14-16-6-5-11-27-16/h5-6,8-9,11,15,18,24H,3-4,7,10,12-14H2,1-2H3,(H,21,25)/t15-,18-/m0/s1. The van der Waals surface area contributed by atoms with Gasteiger partial charge in [0, 0.05) is 31.2 Å². The molecule has 0 aliphatic carbocycles. The summed E-state index contributed by atoms with van der Waals surface area (Å²) in [6, 6.07) is 8.17. The average Bonchev–Trinajstić information content (AvgIpc) is 3.31. The molecule has 2 atom stereocenters. The summed E-state index contributed by atoms with van der Waals surface area (Å²) in [5.74, 6) is -0.0758. The van der Waals surface area contributed by atoms with Crippen LogP contribution in [0.25, 0.3) is 0 Å². The van der Waals surface area contributed by atoms with Crippen LogP contribution in [0.3, 0.4) is 0 Å². The van der Waals surface area contributed by atoms with Crippen LogP contribution in [-0.4, -0.2) is 53.3 Å². The molecule has 0 aromatic carbocycles. The number of ether oxygens (including phenoxy) is 1. The molecule has 0 bridgehead atoms. The maximum Gasteiger partial charge on any atom is 0.267 e.